The number of likely N-dealkylation sites (tertiary alicyclic amines) is 1. The molecule has 0 N–H and O–H groups in total. The first kappa shape index (κ1) is 14.3. The first-order valence-electron chi connectivity index (χ1n) is 8.00. The van der Waals surface area contributed by atoms with Gasteiger partial charge in [0.2, 0.25) is 0 Å². The van der Waals surface area contributed by atoms with E-state index in [9.17, 15) is 4.39 Å². The van der Waals surface area contributed by atoms with Crippen molar-refractivity contribution in [3.63, 3.8) is 0 Å². The molecule has 23 heavy (non-hydrogen) atoms. The lowest BCUT2D eigenvalue weighted by molar-refractivity contribution is 0.284. The summed E-state index contributed by atoms with van der Waals surface area (Å²) in [7, 11) is 2.16. The van der Waals surface area contributed by atoms with Gasteiger partial charge in [-0.3, -0.25) is 0 Å². The molecule has 0 radical (unpaired) electrons. The van der Waals surface area contributed by atoms with Crippen molar-refractivity contribution in [1.29, 1.82) is 0 Å². The number of nitrogens with zero attached hydrogens (tertiary/aromatic N) is 4. The van der Waals surface area contributed by atoms with E-state index < -0.39 is 0 Å². The Morgan fingerprint density at radius 3 is 2.96 bits per heavy atom. The maximum atomic E-state index is 13.6. The summed E-state index contributed by atoms with van der Waals surface area (Å²) in [5.74, 6) is 0.547. The molecule has 0 bridgehead atoms. The van der Waals surface area contributed by atoms with Crippen LogP contribution < -0.4 is 0 Å². The van der Waals surface area contributed by atoms with Gasteiger partial charge < -0.3 is 9.47 Å². The fraction of sp³-hybridized carbons (Fsp3) is 0.333. The number of halogens is 1. The predicted molar refractivity (Wildman–Crippen MR) is 88.6 cm³/mol. The van der Waals surface area contributed by atoms with Gasteiger partial charge in [0.1, 0.15) is 17.2 Å². The van der Waals surface area contributed by atoms with Crippen LogP contribution >= 0.6 is 0 Å². The van der Waals surface area contributed by atoms with Crippen LogP contribution in [0.5, 0.6) is 0 Å². The summed E-state index contributed by atoms with van der Waals surface area (Å²) in [5.41, 5.74) is 2.52. The fourth-order valence-electron chi connectivity index (χ4n) is 3.40. The van der Waals surface area contributed by atoms with E-state index in [1.54, 1.807) is 12.3 Å². The molecule has 0 spiro atoms. The van der Waals surface area contributed by atoms with Gasteiger partial charge >= 0.3 is 0 Å². The molecule has 4 rings (SSSR count). The lowest BCUT2D eigenvalue weighted by Crippen LogP contribution is -2.29. The second kappa shape index (κ2) is 5.74. The molecule has 1 saturated heterocycles. The molecule has 1 aromatic carbocycles. The highest BCUT2D eigenvalue weighted by molar-refractivity contribution is 5.77. The van der Waals surface area contributed by atoms with Gasteiger partial charge in [0.15, 0.2) is 5.65 Å². The monoisotopic (exact) mass is 310 g/mol. The Bertz CT molecular complexity index is 842. The van der Waals surface area contributed by atoms with E-state index in [4.69, 9.17) is 4.98 Å². The summed E-state index contributed by atoms with van der Waals surface area (Å²) in [4.78, 5) is 11.6. The first-order chi connectivity index (χ1) is 11.2. The smallest absolute Gasteiger partial charge is 0.160 e. The van der Waals surface area contributed by atoms with E-state index in [1.807, 2.05) is 18.2 Å². The van der Waals surface area contributed by atoms with Crippen LogP contribution in [0, 0.1) is 5.82 Å². The maximum absolute atomic E-state index is 13.6. The molecule has 0 aliphatic carbocycles. The highest BCUT2D eigenvalue weighted by Gasteiger charge is 2.24. The van der Waals surface area contributed by atoms with Crippen molar-refractivity contribution in [3.8, 4) is 11.4 Å². The first-order valence-corrected chi connectivity index (χ1v) is 8.00. The van der Waals surface area contributed by atoms with Crippen LogP contribution in [0.1, 0.15) is 12.8 Å². The largest absolute Gasteiger partial charge is 0.307 e. The number of pyridine rings is 1. The molecular formula is C18H19FN4. The van der Waals surface area contributed by atoms with Gasteiger partial charge in [-0.2, -0.15) is 0 Å². The molecule has 1 aliphatic rings. The molecule has 1 atom stereocenters. The summed E-state index contributed by atoms with van der Waals surface area (Å²) in [6, 6.07) is 10.9. The Kier molecular flexibility index (Phi) is 3.58. The molecule has 3 heterocycles. The van der Waals surface area contributed by atoms with E-state index in [0.29, 0.717) is 6.04 Å². The van der Waals surface area contributed by atoms with Crippen LogP contribution in [0.4, 0.5) is 4.39 Å². The predicted octanol–water partition coefficient (Wildman–Crippen LogP) is 3.33. The zero-order chi connectivity index (χ0) is 15.8. The Labute approximate surface area is 134 Å². The third-order valence-electron chi connectivity index (χ3n) is 4.65. The molecule has 4 nitrogen and oxygen atoms in total. The lowest BCUT2D eigenvalue weighted by atomic mass is 10.2. The van der Waals surface area contributed by atoms with Crippen LogP contribution in [-0.4, -0.2) is 39.1 Å². The average Bonchev–Trinajstić information content (AvgIpc) is 3.12. The third-order valence-corrected chi connectivity index (χ3v) is 4.65. The summed E-state index contributed by atoms with van der Waals surface area (Å²) in [6.07, 6.45) is 4.18. The average molecular weight is 310 g/mol. The Morgan fingerprint density at radius 1 is 1.26 bits per heavy atom. The van der Waals surface area contributed by atoms with E-state index in [-0.39, 0.29) is 5.82 Å². The standard InChI is InChI=1S/C18H19FN4/c1-22-10-4-7-15(22)12-23-17(13-5-2-6-14(19)11-13)21-16-8-3-9-20-18(16)23/h2-3,5-6,8-9,11,15H,4,7,10,12H2,1H3. The fourth-order valence-corrected chi connectivity index (χ4v) is 3.40. The minimum absolute atomic E-state index is 0.243. The topological polar surface area (TPSA) is 34.0 Å². The number of hydrogen-bond donors (Lipinski definition) is 0. The molecule has 1 unspecified atom stereocenters. The van der Waals surface area contributed by atoms with Crippen LogP contribution in [0.2, 0.25) is 0 Å². The maximum Gasteiger partial charge on any atom is 0.160 e. The van der Waals surface area contributed by atoms with Gasteiger partial charge in [0, 0.05) is 24.3 Å². The molecule has 1 fully saturated rings. The summed E-state index contributed by atoms with van der Waals surface area (Å²) >= 11 is 0. The van der Waals surface area contributed by atoms with E-state index >= 15 is 0 Å². The van der Waals surface area contributed by atoms with Gasteiger partial charge in [0.05, 0.1) is 0 Å². The molecule has 1 aliphatic heterocycles. The molecular weight excluding hydrogens is 291 g/mol. The van der Waals surface area contributed by atoms with Crippen molar-refractivity contribution in [2.24, 2.45) is 0 Å². The Morgan fingerprint density at radius 2 is 2.17 bits per heavy atom. The summed E-state index contributed by atoms with van der Waals surface area (Å²) in [5, 5.41) is 0. The van der Waals surface area contributed by atoms with Crippen LogP contribution in [-0.2, 0) is 6.54 Å². The SMILES string of the molecule is CN1CCCC1Cn1c(-c2cccc(F)c2)nc2cccnc21. The molecule has 0 saturated carbocycles. The van der Waals surface area contributed by atoms with Gasteiger partial charge in [0.25, 0.3) is 0 Å². The normalized spacial score (nSPS) is 18.8. The highest BCUT2D eigenvalue weighted by Crippen LogP contribution is 2.26. The van der Waals surface area contributed by atoms with Crippen molar-refractivity contribution in [3.05, 3.63) is 48.4 Å². The van der Waals surface area contributed by atoms with Gasteiger partial charge in [-0.25, -0.2) is 14.4 Å². The number of hydrogen-bond acceptors (Lipinski definition) is 3. The van der Waals surface area contributed by atoms with Crippen molar-refractivity contribution in [1.82, 2.24) is 19.4 Å². The lowest BCUT2D eigenvalue weighted by Gasteiger charge is -2.21. The van der Waals surface area contributed by atoms with Gasteiger partial charge in [-0.05, 0) is 50.7 Å². The van der Waals surface area contributed by atoms with Gasteiger partial charge in [-0.1, -0.05) is 12.1 Å². The van der Waals surface area contributed by atoms with Crippen LogP contribution in [0.3, 0.4) is 0 Å². The number of aromatic nitrogens is 3. The van der Waals surface area contributed by atoms with Gasteiger partial charge in [-0.15, -0.1) is 0 Å². The quantitative estimate of drug-likeness (QED) is 0.744. The molecule has 5 heteroatoms. The summed E-state index contributed by atoms with van der Waals surface area (Å²) < 4.78 is 15.8. The van der Waals surface area contributed by atoms with Crippen molar-refractivity contribution in [2.45, 2.75) is 25.4 Å². The van der Waals surface area contributed by atoms with Crippen molar-refractivity contribution >= 4 is 11.2 Å². The minimum Gasteiger partial charge on any atom is -0.307 e. The Hall–Kier alpha value is -2.27. The number of benzene rings is 1. The van der Waals surface area contributed by atoms with E-state index in [0.717, 1.165) is 35.6 Å². The molecule has 2 aromatic heterocycles. The summed E-state index contributed by atoms with van der Waals surface area (Å²) in [6.45, 7) is 1.95. The Balaban J connectivity index is 1.84. The number of likely N-dealkylation sites (N-methyl/N-ethyl adjacent to an activating group) is 1. The zero-order valence-electron chi connectivity index (χ0n) is 13.1. The molecule has 0 amide bonds. The minimum atomic E-state index is -0.243. The number of rotatable bonds is 3. The second-order valence-corrected chi connectivity index (χ2v) is 6.18. The van der Waals surface area contributed by atoms with Crippen molar-refractivity contribution < 1.29 is 4.39 Å². The van der Waals surface area contributed by atoms with E-state index in [1.165, 1.54) is 25.0 Å². The molecule has 3 aromatic rings. The number of imidazole rings is 1. The van der Waals surface area contributed by atoms with Crippen LogP contribution in [0.15, 0.2) is 42.6 Å². The van der Waals surface area contributed by atoms with E-state index in [2.05, 4.69) is 21.5 Å². The highest BCUT2D eigenvalue weighted by atomic mass is 19.1. The van der Waals surface area contributed by atoms with Crippen molar-refractivity contribution in [2.75, 3.05) is 13.6 Å². The third kappa shape index (κ3) is 2.61. The second-order valence-electron chi connectivity index (χ2n) is 6.18. The van der Waals surface area contributed by atoms with Crippen LogP contribution in [0.25, 0.3) is 22.6 Å². The molecule has 118 valence electrons. The number of fused-ring (bicyclic) bond motifs is 1. The zero-order valence-corrected chi connectivity index (χ0v) is 13.1.